The van der Waals surface area contributed by atoms with Gasteiger partial charge >= 0.3 is 11.9 Å². The van der Waals surface area contributed by atoms with Gasteiger partial charge in [0.1, 0.15) is 54.9 Å². The number of carbonyl (C=O) groups is 2. The first-order valence-electron chi connectivity index (χ1n) is 18.5. The number of ether oxygens (including phenoxy) is 9. The van der Waals surface area contributed by atoms with Gasteiger partial charge in [0.15, 0.2) is 54.1 Å². The van der Waals surface area contributed by atoms with Gasteiger partial charge in [-0.25, -0.2) is 4.79 Å². The Balaban J connectivity index is 1.40. The van der Waals surface area contributed by atoms with Crippen molar-refractivity contribution in [2.75, 3.05) is 26.9 Å². The van der Waals surface area contributed by atoms with Crippen molar-refractivity contribution < 1.29 is 103 Å². The van der Waals surface area contributed by atoms with Gasteiger partial charge < -0.3 is 93.7 Å². The third-order valence-electron chi connectivity index (χ3n) is 9.86. The Morgan fingerprint density at radius 3 is 2.00 bits per heavy atom. The van der Waals surface area contributed by atoms with Crippen molar-refractivity contribution in [3.05, 3.63) is 53.6 Å². The highest BCUT2D eigenvalue weighted by Crippen LogP contribution is 2.35. The smallest absolute Gasteiger partial charge is 0.331 e. The minimum absolute atomic E-state index is 0.0940. The molecule has 0 unspecified atom stereocenters. The van der Waals surface area contributed by atoms with Crippen LogP contribution in [-0.2, 0) is 53.9 Å². The summed E-state index contributed by atoms with van der Waals surface area (Å²) in [5.41, 5.74) is 0.942. The number of hydrogen-bond acceptors (Lipinski definition) is 21. The number of esters is 2. The number of aliphatic hydroxyl groups is 7. The van der Waals surface area contributed by atoms with E-state index >= 15 is 0 Å². The highest BCUT2D eigenvalue weighted by atomic mass is 16.8. The summed E-state index contributed by atoms with van der Waals surface area (Å²) < 4.78 is 51.5. The number of phenols is 3. The van der Waals surface area contributed by atoms with Crippen molar-refractivity contribution in [2.45, 2.75) is 112 Å². The van der Waals surface area contributed by atoms with Crippen LogP contribution in [-0.4, -0.2) is 182 Å². The lowest BCUT2D eigenvalue weighted by molar-refractivity contribution is -0.376. The summed E-state index contributed by atoms with van der Waals surface area (Å²) in [4.78, 5) is 25.8. The van der Waals surface area contributed by atoms with Gasteiger partial charge in [0.05, 0.1) is 33.0 Å². The lowest BCUT2D eigenvalue weighted by atomic mass is 9.96. The molecular weight excluding hydrogens is 792 g/mol. The number of benzene rings is 2. The molecule has 21 nitrogen and oxygen atoms in total. The van der Waals surface area contributed by atoms with Crippen LogP contribution in [0, 0.1) is 0 Å². The van der Waals surface area contributed by atoms with Crippen molar-refractivity contribution in [2.24, 2.45) is 0 Å². The van der Waals surface area contributed by atoms with Crippen molar-refractivity contribution >= 4 is 18.0 Å². The topological polar surface area (TPSA) is 320 Å². The average molecular weight is 843 g/mol. The summed E-state index contributed by atoms with van der Waals surface area (Å²) in [6.07, 6.45) is -22.2. The Hall–Kier alpha value is -4.20. The van der Waals surface area contributed by atoms with Gasteiger partial charge in [0.25, 0.3) is 0 Å². The third kappa shape index (κ3) is 11.0. The minimum Gasteiger partial charge on any atom is -0.504 e. The molecule has 3 aliphatic heterocycles. The van der Waals surface area contributed by atoms with Gasteiger partial charge in [-0.2, -0.15) is 0 Å². The fraction of sp³-hybridized carbons (Fsp3) is 0.579. The second-order valence-corrected chi connectivity index (χ2v) is 14.0. The Bertz CT molecular complexity index is 1740. The molecular formula is C38H50O21. The van der Waals surface area contributed by atoms with E-state index in [-0.39, 0.29) is 30.1 Å². The number of phenolic OH excluding ortho intramolecular Hbond substituents is 3. The maximum atomic E-state index is 13.3. The molecule has 3 aliphatic rings. The van der Waals surface area contributed by atoms with E-state index in [0.717, 1.165) is 13.0 Å². The molecule has 3 saturated heterocycles. The SMILES string of the molecule is COc1cc(CCO[C@@H]2O[C@H](CO)[C@@H](OC(=O)C=Cc3ccc(O)c(O)c3)[C@H](O[C@@H]3O[C@@H](C)[C@H](O[C@@H]4O[C@H](CO)[C@@H](O)[C@H](O)[C@H]4O)[C@@H](O)[C@H]3O)[C@H]2OC(C)=O)ccc1O. The summed E-state index contributed by atoms with van der Waals surface area (Å²) in [6.45, 7) is 0.757. The second-order valence-electron chi connectivity index (χ2n) is 14.0. The van der Waals surface area contributed by atoms with Crippen LogP contribution in [0.3, 0.4) is 0 Å². The quantitative estimate of drug-likeness (QED) is 0.0511. The first-order valence-corrected chi connectivity index (χ1v) is 18.5. The van der Waals surface area contributed by atoms with Crippen LogP contribution in [0.2, 0.25) is 0 Å². The molecule has 328 valence electrons. The predicted molar refractivity (Wildman–Crippen MR) is 194 cm³/mol. The molecule has 10 N–H and O–H groups in total. The Morgan fingerprint density at radius 1 is 0.695 bits per heavy atom. The molecule has 3 heterocycles. The zero-order chi connectivity index (χ0) is 43.1. The van der Waals surface area contributed by atoms with E-state index in [1.165, 1.54) is 44.4 Å². The molecule has 0 amide bonds. The zero-order valence-electron chi connectivity index (χ0n) is 32.1. The van der Waals surface area contributed by atoms with Gasteiger partial charge in [-0.3, -0.25) is 4.79 Å². The molecule has 0 saturated carbocycles. The first kappa shape index (κ1) is 45.9. The first-order chi connectivity index (χ1) is 28.1. The van der Waals surface area contributed by atoms with Crippen LogP contribution in [0.5, 0.6) is 23.0 Å². The lowest BCUT2D eigenvalue weighted by Gasteiger charge is -2.48. The monoisotopic (exact) mass is 842 g/mol. The average Bonchev–Trinajstić information content (AvgIpc) is 3.20. The summed E-state index contributed by atoms with van der Waals surface area (Å²) in [5, 5.41) is 103. The Kier molecular flexibility index (Phi) is 15.8. The van der Waals surface area contributed by atoms with Crippen LogP contribution >= 0.6 is 0 Å². The Labute approximate surface area is 337 Å². The third-order valence-corrected chi connectivity index (χ3v) is 9.86. The van der Waals surface area contributed by atoms with E-state index in [1.807, 2.05) is 0 Å². The highest BCUT2D eigenvalue weighted by molar-refractivity contribution is 5.87. The van der Waals surface area contributed by atoms with Gasteiger partial charge in [-0.1, -0.05) is 12.1 Å². The highest BCUT2D eigenvalue weighted by Gasteiger charge is 2.55. The maximum Gasteiger partial charge on any atom is 0.331 e. The molecule has 21 heteroatoms. The molecule has 0 spiro atoms. The summed E-state index contributed by atoms with van der Waals surface area (Å²) in [7, 11) is 1.38. The lowest BCUT2D eigenvalue weighted by Crippen LogP contribution is -2.66. The van der Waals surface area contributed by atoms with E-state index in [9.17, 15) is 60.7 Å². The Morgan fingerprint density at radius 2 is 1.34 bits per heavy atom. The van der Waals surface area contributed by atoms with Crippen LogP contribution in [0.25, 0.3) is 6.08 Å². The fourth-order valence-corrected chi connectivity index (χ4v) is 6.72. The van der Waals surface area contributed by atoms with Crippen LogP contribution in [0.15, 0.2) is 42.5 Å². The van der Waals surface area contributed by atoms with Crippen molar-refractivity contribution in [3.63, 3.8) is 0 Å². The maximum absolute atomic E-state index is 13.3. The largest absolute Gasteiger partial charge is 0.504 e. The number of carbonyl (C=O) groups excluding carboxylic acids is 2. The summed E-state index contributed by atoms with van der Waals surface area (Å²) >= 11 is 0. The van der Waals surface area contributed by atoms with E-state index in [2.05, 4.69) is 0 Å². The number of hydrogen-bond donors (Lipinski definition) is 10. The molecule has 5 rings (SSSR count). The van der Waals surface area contributed by atoms with Crippen molar-refractivity contribution in [3.8, 4) is 23.0 Å². The molecule has 0 bridgehead atoms. The number of aliphatic hydroxyl groups excluding tert-OH is 7. The summed E-state index contributed by atoms with van der Waals surface area (Å²) in [5.74, 6) is -2.68. The molecule has 0 aliphatic carbocycles. The number of aromatic hydroxyl groups is 3. The van der Waals surface area contributed by atoms with Crippen molar-refractivity contribution in [1.29, 1.82) is 0 Å². The minimum atomic E-state index is -1.99. The van der Waals surface area contributed by atoms with Crippen LogP contribution < -0.4 is 4.74 Å². The normalized spacial score (nSPS) is 35.0. The molecule has 0 radical (unpaired) electrons. The molecule has 2 aromatic rings. The van der Waals surface area contributed by atoms with Gasteiger partial charge in [0, 0.05) is 13.0 Å². The molecule has 0 aromatic heterocycles. The van der Waals surface area contributed by atoms with Crippen LogP contribution in [0.4, 0.5) is 0 Å². The van der Waals surface area contributed by atoms with Gasteiger partial charge in [0.2, 0.25) is 0 Å². The molecule has 3 fully saturated rings. The number of methoxy groups -OCH3 is 1. The fourth-order valence-electron chi connectivity index (χ4n) is 6.72. The molecule has 15 atom stereocenters. The predicted octanol–water partition coefficient (Wildman–Crippen LogP) is -2.32. The molecule has 59 heavy (non-hydrogen) atoms. The van der Waals surface area contributed by atoms with E-state index in [0.29, 0.717) is 5.56 Å². The van der Waals surface area contributed by atoms with Gasteiger partial charge in [-0.05, 0) is 54.8 Å². The second kappa shape index (κ2) is 20.4. The van der Waals surface area contributed by atoms with E-state index in [1.54, 1.807) is 12.1 Å². The zero-order valence-corrected chi connectivity index (χ0v) is 32.1. The van der Waals surface area contributed by atoms with Crippen LogP contribution in [0.1, 0.15) is 25.0 Å². The van der Waals surface area contributed by atoms with Gasteiger partial charge in [-0.15, -0.1) is 0 Å². The molecule has 2 aromatic carbocycles. The standard InChI is InChI=1S/C38H50O21/c1-16-32(58-37-30(49)28(47)27(46)24(14-39)55-37)29(48)31(50)36(53-16)59-34-33(57-26(45)9-6-18-4-7-20(42)22(44)12-18)25(15-40)56-38(35(34)54-17(2)41)52-11-10-19-5-8-21(43)23(13-19)51-3/h4-9,12-13,16,24-25,27-40,42-44,46-50H,10-11,14-15H2,1-3H3/t16-,24+,25+,27+,28-,29-,30+,31+,32-,33+,34-,35+,36-,37-,38+/m0/s1. The van der Waals surface area contributed by atoms with E-state index in [4.69, 9.17) is 42.6 Å². The summed E-state index contributed by atoms with van der Waals surface area (Å²) in [6, 6.07) is 8.34. The van der Waals surface area contributed by atoms with Crippen molar-refractivity contribution in [1.82, 2.24) is 0 Å². The van der Waals surface area contributed by atoms with E-state index < -0.39 is 129 Å². The number of rotatable bonds is 15.